The molecule has 0 radical (unpaired) electrons. The van der Waals surface area contributed by atoms with Gasteiger partial charge in [0.2, 0.25) is 5.91 Å². The first-order valence-corrected chi connectivity index (χ1v) is 9.54. The lowest BCUT2D eigenvalue weighted by Gasteiger charge is -2.13. The van der Waals surface area contributed by atoms with Crippen molar-refractivity contribution in [2.45, 2.75) is 6.42 Å². The highest BCUT2D eigenvalue weighted by molar-refractivity contribution is 14.0. The maximum atomic E-state index is 12.1. The zero-order valence-corrected chi connectivity index (χ0v) is 20.3. The monoisotopic (exact) mass is 533 g/mol. The number of benzene rings is 2. The van der Waals surface area contributed by atoms with Crippen LogP contribution < -0.4 is 16.0 Å². The smallest absolute Gasteiger partial charge is 0.253 e. The summed E-state index contributed by atoms with van der Waals surface area (Å²) in [6.07, 6.45) is 6.08. The Bertz CT molecular complexity index is 966. The Hall–Kier alpha value is -3.06. The Morgan fingerprint density at radius 3 is 2.52 bits per heavy atom. The van der Waals surface area contributed by atoms with Crippen molar-refractivity contribution in [3.8, 4) is 12.3 Å². The fourth-order valence-electron chi connectivity index (χ4n) is 2.72. The number of aliphatic imine (C=N–C) groups is 1. The number of carbonyl (C=O) groups is 2. The number of anilines is 1. The van der Waals surface area contributed by atoms with Gasteiger partial charge in [0.25, 0.3) is 5.91 Å². The molecule has 164 valence electrons. The van der Waals surface area contributed by atoms with Crippen LogP contribution in [0.5, 0.6) is 0 Å². The second-order valence-corrected chi connectivity index (χ2v) is 6.78. The van der Waals surface area contributed by atoms with E-state index in [0.29, 0.717) is 35.7 Å². The highest BCUT2D eigenvalue weighted by Gasteiger charge is 2.08. The molecule has 0 saturated heterocycles. The predicted octanol–water partition coefficient (Wildman–Crippen LogP) is 2.33. The molecule has 0 atom stereocenters. The summed E-state index contributed by atoms with van der Waals surface area (Å²) in [5, 5.41) is 8.93. The molecule has 0 aliphatic heterocycles. The van der Waals surface area contributed by atoms with Crippen molar-refractivity contribution < 1.29 is 9.59 Å². The lowest BCUT2D eigenvalue weighted by Crippen LogP contribution is -2.42. The van der Waals surface area contributed by atoms with E-state index in [0.717, 1.165) is 5.56 Å². The van der Waals surface area contributed by atoms with Gasteiger partial charge in [-0.15, -0.1) is 30.4 Å². The number of hydrogen-bond acceptors (Lipinski definition) is 3. The van der Waals surface area contributed by atoms with Gasteiger partial charge in [0.15, 0.2) is 5.96 Å². The molecule has 7 nitrogen and oxygen atoms in total. The molecule has 0 spiro atoms. The average molecular weight is 533 g/mol. The standard InChI is InChI=1S/C23H27N5O2.HI/c1-5-17-8-7-11-20(15-17)27-21(29)16-26-23(24-2)25-13-12-18-9-6-10-19(14-18)22(30)28(3)4;/h1,6-11,14-15H,12-13,16H2,2-4H3,(H,27,29)(H2,24,25,26);1H. The summed E-state index contributed by atoms with van der Waals surface area (Å²) < 4.78 is 0. The summed E-state index contributed by atoms with van der Waals surface area (Å²) in [4.78, 5) is 29.9. The number of nitrogens with one attached hydrogen (secondary N) is 3. The molecule has 2 amide bonds. The molecule has 31 heavy (non-hydrogen) atoms. The van der Waals surface area contributed by atoms with Crippen LogP contribution in [0.4, 0.5) is 5.69 Å². The Kier molecular flexibility index (Phi) is 11.1. The molecule has 2 aromatic rings. The van der Waals surface area contributed by atoms with Crippen LogP contribution in [0.1, 0.15) is 21.5 Å². The van der Waals surface area contributed by atoms with E-state index in [2.05, 4.69) is 26.9 Å². The molecular formula is C23H28IN5O2. The number of guanidine groups is 1. The zero-order valence-electron chi connectivity index (χ0n) is 17.9. The van der Waals surface area contributed by atoms with Crippen LogP contribution in [-0.4, -0.2) is 56.9 Å². The molecule has 0 fully saturated rings. The van der Waals surface area contributed by atoms with Crippen LogP contribution in [0, 0.1) is 12.3 Å². The van der Waals surface area contributed by atoms with E-state index >= 15 is 0 Å². The van der Waals surface area contributed by atoms with Crippen molar-refractivity contribution in [1.82, 2.24) is 15.5 Å². The fourth-order valence-corrected chi connectivity index (χ4v) is 2.72. The van der Waals surface area contributed by atoms with Crippen LogP contribution in [0.25, 0.3) is 0 Å². The number of terminal acetylenes is 1. The summed E-state index contributed by atoms with van der Waals surface area (Å²) in [7, 11) is 5.10. The third-order valence-corrected chi connectivity index (χ3v) is 4.24. The van der Waals surface area contributed by atoms with Crippen molar-refractivity contribution in [1.29, 1.82) is 0 Å². The SMILES string of the molecule is C#Cc1cccc(NC(=O)CNC(=NC)NCCc2cccc(C(=O)N(C)C)c2)c1.I. The largest absolute Gasteiger partial charge is 0.356 e. The molecule has 2 aromatic carbocycles. The Labute approximate surface area is 200 Å². The van der Waals surface area contributed by atoms with Crippen molar-refractivity contribution in [3.05, 3.63) is 65.2 Å². The predicted molar refractivity (Wildman–Crippen MR) is 136 cm³/mol. The van der Waals surface area contributed by atoms with E-state index in [1.165, 1.54) is 0 Å². The summed E-state index contributed by atoms with van der Waals surface area (Å²) >= 11 is 0. The number of hydrogen-bond donors (Lipinski definition) is 3. The van der Waals surface area contributed by atoms with Gasteiger partial charge >= 0.3 is 0 Å². The molecule has 0 aromatic heterocycles. The number of nitrogens with zero attached hydrogens (tertiary/aromatic N) is 2. The maximum absolute atomic E-state index is 12.1. The van der Waals surface area contributed by atoms with Crippen molar-refractivity contribution in [3.63, 3.8) is 0 Å². The minimum atomic E-state index is -0.206. The van der Waals surface area contributed by atoms with Gasteiger partial charge < -0.3 is 20.9 Å². The molecule has 8 heteroatoms. The van der Waals surface area contributed by atoms with E-state index in [-0.39, 0.29) is 42.3 Å². The first-order chi connectivity index (χ1) is 14.4. The number of carbonyl (C=O) groups excluding carboxylic acids is 2. The first-order valence-electron chi connectivity index (χ1n) is 9.54. The van der Waals surface area contributed by atoms with Gasteiger partial charge in [-0.3, -0.25) is 14.6 Å². The van der Waals surface area contributed by atoms with Crippen LogP contribution >= 0.6 is 24.0 Å². The molecule has 0 aliphatic carbocycles. The fraction of sp³-hybridized carbons (Fsp3) is 0.261. The lowest BCUT2D eigenvalue weighted by atomic mass is 10.1. The number of rotatable bonds is 7. The van der Waals surface area contributed by atoms with Crippen molar-refractivity contribution in [2.75, 3.05) is 39.5 Å². The topological polar surface area (TPSA) is 85.8 Å². The van der Waals surface area contributed by atoms with Crippen molar-refractivity contribution in [2.24, 2.45) is 4.99 Å². The van der Waals surface area contributed by atoms with Crippen LogP contribution in [0.3, 0.4) is 0 Å². The quantitative estimate of drug-likeness (QED) is 0.221. The van der Waals surface area contributed by atoms with Gasteiger partial charge in [0, 0.05) is 44.5 Å². The Balaban J connectivity index is 0.00000480. The highest BCUT2D eigenvalue weighted by Crippen LogP contribution is 2.09. The second-order valence-electron chi connectivity index (χ2n) is 6.78. The lowest BCUT2D eigenvalue weighted by molar-refractivity contribution is -0.115. The molecule has 0 unspecified atom stereocenters. The molecule has 0 heterocycles. The molecule has 0 aliphatic rings. The van der Waals surface area contributed by atoms with Gasteiger partial charge in [-0.05, 0) is 42.3 Å². The van der Waals surface area contributed by atoms with Gasteiger partial charge in [-0.2, -0.15) is 0 Å². The van der Waals surface area contributed by atoms with Gasteiger partial charge in [0.05, 0.1) is 6.54 Å². The molecule has 0 saturated carbocycles. The summed E-state index contributed by atoms with van der Waals surface area (Å²) in [5.74, 6) is 2.82. The van der Waals surface area contributed by atoms with Crippen LogP contribution in [0.15, 0.2) is 53.5 Å². The zero-order chi connectivity index (χ0) is 21.9. The molecule has 3 N–H and O–H groups in total. The van der Waals surface area contributed by atoms with E-state index in [9.17, 15) is 9.59 Å². The van der Waals surface area contributed by atoms with Gasteiger partial charge in [-0.1, -0.05) is 24.1 Å². The minimum Gasteiger partial charge on any atom is -0.356 e. The van der Waals surface area contributed by atoms with E-state index < -0.39 is 0 Å². The third-order valence-electron chi connectivity index (χ3n) is 4.24. The minimum absolute atomic E-state index is 0. The van der Waals surface area contributed by atoms with E-state index in [1.807, 2.05) is 18.2 Å². The molecular weight excluding hydrogens is 505 g/mol. The normalized spacial score (nSPS) is 10.3. The molecule has 2 rings (SSSR count). The highest BCUT2D eigenvalue weighted by atomic mass is 127. The van der Waals surface area contributed by atoms with Gasteiger partial charge in [-0.25, -0.2) is 0 Å². The number of amides is 2. The summed E-state index contributed by atoms with van der Waals surface area (Å²) in [5.41, 5.74) is 3.05. The van der Waals surface area contributed by atoms with Crippen molar-refractivity contribution >= 4 is 47.4 Å². The summed E-state index contributed by atoms with van der Waals surface area (Å²) in [6, 6.07) is 14.6. The van der Waals surface area contributed by atoms with Gasteiger partial charge in [0.1, 0.15) is 0 Å². The Morgan fingerprint density at radius 2 is 1.84 bits per heavy atom. The average Bonchev–Trinajstić information content (AvgIpc) is 2.75. The van der Waals surface area contributed by atoms with E-state index in [4.69, 9.17) is 6.42 Å². The maximum Gasteiger partial charge on any atom is 0.253 e. The summed E-state index contributed by atoms with van der Waals surface area (Å²) in [6.45, 7) is 0.665. The third kappa shape index (κ3) is 8.68. The van der Waals surface area contributed by atoms with Crippen LogP contribution in [0.2, 0.25) is 0 Å². The molecule has 0 bridgehead atoms. The Morgan fingerprint density at radius 1 is 1.10 bits per heavy atom. The second kappa shape index (κ2) is 13.3. The number of halogens is 1. The van der Waals surface area contributed by atoms with E-state index in [1.54, 1.807) is 56.4 Å². The first kappa shape index (κ1) is 26.0. The van der Waals surface area contributed by atoms with Crippen LogP contribution in [-0.2, 0) is 11.2 Å².